The zero-order chi connectivity index (χ0) is 16.7. The maximum atomic E-state index is 5.29. The molecule has 0 saturated heterocycles. The van der Waals surface area contributed by atoms with Gasteiger partial charge in [0.25, 0.3) is 0 Å². The van der Waals surface area contributed by atoms with E-state index in [0.29, 0.717) is 0 Å². The minimum atomic E-state index is 0.763. The second-order valence-corrected chi connectivity index (χ2v) is 6.00. The van der Waals surface area contributed by atoms with E-state index >= 15 is 0 Å². The minimum Gasteiger partial charge on any atom is -0.361 e. The molecular formula is C19H18N4O. The molecule has 120 valence electrons. The first kappa shape index (κ1) is 14.6. The van der Waals surface area contributed by atoms with Crippen molar-refractivity contribution in [1.29, 1.82) is 0 Å². The van der Waals surface area contributed by atoms with Crippen LogP contribution < -0.4 is 0 Å². The average Bonchev–Trinajstić information content (AvgIpc) is 3.08. The highest BCUT2D eigenvalue weighted by atomic mass is 16.5. The van der Waals surface area contributed by atoms with Crippen molar-refractivity contribution in [3.05, 3.63) is 65.4 Å². The summed E-state index contributed by atoms with van der Waals surface area (Å²) >= 11 is 0. The number of hydrogen-bond acceptors (Lipinski definition) is 4. The Morgan fingerprint density at radius 3 is 2.58 bits per heavy atom. The van der Waals surface area contributed by atoms with Gasteiger partial charge in [-0.3, -0.25) is 0 Å². The van der Waals surface area contributed by atoms with Gasteiger partial charge in [0.2, 0.25) is 0 Å². The van der Waals surface area contributed by atoms with Crippen LogP contribution in [0.1, 0.15) is 22.8 Å². The van der Waals surface area contributed by atoms with Gasteiger partial charge in [-0.15, -0.1) is 0 Å². The van der Waals surface area contributed by atoms with Gasteiger partial charge in [0.05, 0.1) is 11.2 Å². The molecule has 3 heterocycles. The van der Waals surface area contributed by atoms with E-state index in [0.717, 1.165) is 46.1 Å². The van der Waals surface area contributed by atoms with E-state index in [2.05, 4.69) is 50.0 Å². The molecule has 0 spiro atoms. The molecule has 0 aliphatic heterocycles. The molecule has 0 bridgehead atoms. The third-order valence-corrected chi connectivity index (χ3v) is 4.30. The van der Waals surface area contributed by atoms with E-state index in [1.54, 1.807) is 0 Å². The van der Waals surface area contributed by atoms with Crippen molar-refractivity contribution >= 4 is 11.2 Å². The Hall–Kier alpha value is -2.95. The Balaban J connectivity index is 1.85. The third-order valence-electron chi connectivity index (χ3n) is 4.30. The number of aromatic nitrogens is 4. The number of nitrogens with zero attached hydrogens (tertiary/aromatic N) is 4. The quantitative estimate of drug-likeness (QED) is 0.571. The first-order valence-corrected chi connectivity index (χ1v) is 7.93. The summed E-state index contributed by atoms with van der Waals surface area (Å²) in [5, 5.41) is 4.04. The summed E-state index contributed by atoms with van der Waals surface area (Å²) in [5.74, 6) is 1.76. The Bertz CT molecular complexity index is 995. The van der Waals surface area contributed by atoms with Crippen LogP contribution in [0.15, 0.2) is 47.1 Å². The van der Waals surface area contributed by atoms with Crippen LogP contribution in [0.25, 0.3) is 22.3 Å². The van der Waals surface area contributed by atoms with Crippen LogP contribution in [-0.4, -0.2) is 19.7 Å². The number of rotatable bonds is 3. The fraction of sp³-hybridized carbons (Fsp3) is 0.211. The summed E-state index contributed by atoms with van der Waals surface area (Å²) < 4.78 is 7.49. The highest BCUT2D eigenvalue weighted by Gasteiger charge is 2.15. The summed E-state index contributed by atoms with van der Waals surface area (Å²) in [6.45, 7) is 6.66. The van der Waals surface area contributed by atoms with E-state index < -0.39 is 0 Å². The average molecular weight is 318 g/mol. The summed E-state index contributed by atoms with van der Waals surface area (Å²) in [5.41, 5.74) is 5.91. The van der Waals surface area contributed by atoms with Crippen LogP contribution in [-0.2, 0) is 6.54 Å². The van der Waals surface area contributed by atoms with Gasteiger partial charge in [0.15, 0.2) is 5.65 Å². The predicted octanol–water partition coefficient (Wildman–Crippen LogP) is 4.06. The fourth-order valence-corrected chi connectivity index (χ4v) is 3.12. The zero-order valence-electron chi connectivity index (χ0n) is 13.9. The molecule has 0 atom stereocenters. The molecule has 0 fully saturated rings. The van der Waals surface area contributed by atoms with Crippen molar-refractivity contribution in [2.24, 2.45) is 0 Å². The normalized spacial score (nSPS) is 11.3. The summed E-state index contributed by atoms with van der Waals surface area (Å²) in [6.07, 6.45) is 1.84. The Morgan fingerprint density at radius 2 is 1.88 bits per heavy atom. The van der Waals surface area contributed by atoms with Crippen LogP contribution in [0, 0.1) is 20.8 Å². The SMILES string of the molecule is Cc1noc(C)c1-c1cnc2nc(C)n(Cc3ccccc3)c2c1. The second kappa shape index (κ2) is 5.60. The molecule has 5 nitrogen and oxygen atoms in total. The van der Waals surface area contributed by atoms with Crippen molar-refractivity contribution in [1.82, 2.24) is 19.7 Å². The van der Waals surface area contributed by atoms with Gasteiger partial charge in [-0.2, -0.15) is 0 Å². The third kappa shape index (κ3) is 2.38. The summed E-state index contributed by atoms with van der Waals surface area (Å²) in [4.78, 5) is 9.13. The van der Waals surface area contributed by atoms with E-state index in [9.17, 15) is 0 Å². The maximum absolute atomic E-state index is 5.29. The molecule has 0 aliphatic carbocycles. The highest BCUT2D eigenvalue weighted by Crippen LogP contribution is 2.29. The molecule has 4 aromatic rings. The molecule has 3 aromatic heterocycles. The van der Waals surface area contributed by atoms with Crippen LogP contribution in [0.5, 0.6) is 0 Å². The number of benzene rings is 1. The molecule has 1 aromatic carbocycles. The molecule has 0 radical (unpaired) electrons. The topological polar surface area (TPSA) is 56.7 Å². The molecule has 0 saturated carbocycles. The van der Waals surface area contributed by atoms with Gasteiger partial charge in [-0.25, -0.2) is 9.97 Å². The molecule has 0 unspecified atom stereocenters. The highest BCUT2D eigenvalue weighted by molar-refractivity contribution is 5.80. The van der Waals surface area contributed by atoms with Crippen molar-refractivity contribution in [3.8, 4) is 11.1 Å². The van der Waals surface area contributed by atoms with Gasteiger partial charge >= 0.3 is 0 Å². The molecule has 24 heavy (non-hydrogen) atoms. The lowest BCUT2D eigenvalue weighted by Crippen LogP contribution is -2.02. The molecule has 0 N–H and O–H groups in total. The lowest BCUT2D eigenvalue weighted by molar-refractivity contribution is 0.393. The van der Waals surface area contributed by atoms with E-state index in [1.165, 1.54) is 5.56 Å². The van der Waals surface area contributed by atoms with Gasteiger partial charge in [-0.1, -0.05) is 35.5 Å². The van der Waals surface area contributed by atoms with Crippen LogP contribution in [0.4, 0.5) is 0 Å². The summed E-state index contributed by atoms with van der Waals surface area (Å²) in [6, 6.07) is 12.5. The molecule has 0 amide bonds. The van der Waals surface area contributed by atoms with Gasteiger partial charge < -0.3 is 9.09 Å². The van der Waals surface area contributed by atoms with Crippen LogP contribution >= 0.6 is 0 Å². The number of aryl methyl sites for hydroxylation is 3. The number of fused-ring (bicyclic) bond motifs is 1. The molecular weight excluding hydrogens is 300 g/mol. The zero-order valence-corrected chi connectivity index (χ0v) is 13.9. The number of hydrogen-bond donors (Lipinski definition) is 0. The first-order chi connectivity index (χ1) is 11.6. The van der Waals surface area contributed by atoms with Crippen LogP contribution in [0.2, 0.25) is 0 Å². The summed E-state index contributed by atoms with van der Waals surface area (Å²) in [7, 11) is 0. The smallest absolute Gasteiger partial charge is 0.177 e. The lowest BCUT2D eigenvalue weighted by Gasteiger charge is -2.08. The first-order valence-electron chi connectivity index (χ1n) is 7.93. The largest absolute Gasteiger partial charge is 0.361 e. The van der Waals surface area contributed by atoms with Crippen molar-refractivity contribution in [3.63, 3.8) is 0 Å². The van der Waals surface area contributed by atoms with E-state index in [1.807, 2.05) is 33.0 Å². The lowest BCUT2D eigenvalue weighted by atomic mass is 10.1. The monoisotopic (exact) mass is 318 g/mol. The Labute approximate surface area is 140 Å². The molecule has 4 rings (SSSR count). The van der Waals surface area contributed by atoms with Crippen LogP contribution in [0.3, 0.4) is 0 Å². The van der Waals surface area contributed by atoms with Gasteiger partial charge in [0.1, 0.15) is 11.6 Å². The van der Waals surface area contributed by atoms with Gasteiger partial charge in [-0.05, 0) is 32.4 Å². The maximum Gasteiger partial charge on any atom is 0.177 e. The predicted molar refractivity (Wildman–Crippen MR) is 92.8 cm³/mol. The molecule has 0 aliphatic rings. The van der Waals surface area contributed by atoms with Crippen molar-refractivity contribution in [2.75, 3.05) is 0 Å². The molecule has 5 heteroatoms. The van der Waals surface area contributed by atoms with E-state index in [-0.39, 0.29) is 0 Å². The van der Waals surface area contributed by atoms with Crippen molar-refractivity contribution in [2.45, 2.75) is 27.3 Å². The standard InChI is InChI=1S/C19H18N4O/c1-12-18(13(2)24-22-12)16-9-17-19(20-10-16)21-14(3)23(17)11-15-7-5-4-6-8-15/h4-10H,11H2,1-3H3. The fourth-order valence-electron chi connectivity index (χ4n) is 3.12. The van der Waals surface area contributed by atoms with E-state index in [4.69, 9.17) is 4.52 Å². The van der Waals surface area contributed by atoms with Gasteiger partial charge in [0, 0.05) is 23.9 Å². The van der Waals surface area contributed by atoms with Crippen molar-refractivity contribution < 1.29 is 4.52 Å². The Morgan fingerprint density at radius 1 is 1.08 bits per heavy atom. The Kier molecular flexibility index (Phi) is 3.41. The number of imidazole rings is 1. The minimum absolute atomic E-state index is 0.763. The second-order valence-electron chi connectivity index (χ2n) is 6.00. The number of pyridine rings is 1.